The van der Waals surface area contributed by atoms with E-state index in [0.717, 1.165) is 83.5 Å². The first kappa shape index (κ1) is 25.4. The molecule has 0 bridgehead atoms. The van der Waals surface area contributed by atoms with Crippen molar-refractivity contribution in [3.05, 3.63) is 34.4 Å². The highest BCUT2D eigenvalue weighted by atomic mass is 16.4. The summed E-state index contributed by atoms with van der Waals surface area (Å²) in [5.74, 6) is -1.31. The third-order valence-electron chi connectivity index (χ3n) is 7.18. The second kappa shape index (κ2) is 11.2. The Morgan fingerprint density at radius 2 is 1.52 bits per heavy atom. The highest BCUT2D eigenvalue weighted by Crippen LogP contribution is 2.50. The van der Waals surface area contributed by atoms with Crippen molar-refractivity contribution in [2.75, 3.05) is 0 Å². The van der Waals surface area contributed by atoms with Crippen molar-refractivity contribution in [2.45, 2.75) is 111 Å². The monoisotopic (exact) mass is 430 g/mol. The molecule has 0 radical (unpaired) electrons. The first-order valence-corrected chi connectivity index (χ1v) is 12.1. The highest BCUT2D eigenvalue weighted by Gasteiger charge is 2.49. The van der Waals surface area contributed by atoms with E-state index in [1.165, 1.54) is 22.3 Å². The van der Waals surface area contributed by atoms with Crippen LogP contribution in [0.15, 0.2) is 12.1 Å². The van der Waals surface area contributed by atoms with E-state index in [2.05, 4.69) is 26.0 Å². The lowest BCUT2D eigenvalue weighted by Gasteiger charge is -2.18. The van der Waals surface area contributed by atoms with Crippen LogP contribution >= 0.6 is 0 Å². The van der Waals surface area contributed by atoms with E-state index in [0.29, 0.717) is 0 Å². The number of unbranched alkanes of at least 4 members (excludes halogenated alkanes) is 5. The van der Waals surface area contributed by atoms with Gasteiger partial charge in [-0.3, -0.25) is 9.59 Å². The Morgan fingerprint density at radius 3 is 2.13 bits per heavy atom. The van der Waals surface area contributed by atoms with Crippen LogP contribution in [0.4, 0.5) is 0 Å². The SMILES string of the molecule is Cc1cc(C)c(CCCCCC2(C(=O)O)CC2)c(CCCCCCC(C)(C)C(=O)O)c1. The molecule has 0 amide bonds. The summed E-state index contributed by atoms with van der Waals surface area (Å²) >= 11 is 0. The zero-order valence-corrected chi connectivity index (χ0v) is 20.1. The minimum absolute atomic E-state index is 0.384. The Balaban J connectivity index is 1.76. The van der Waals surface area contributed by atoms with Gasteiger partial charge in [0.05, 0.1) is 10.8 Å². The van der Waals surface area contributed by atoms with E-state index in [-0.39, 0.29) is 5.41 Å². The number of rotatable bonds is 15. The lowest BCUT2D eigenvalue weighted by atomic mass is 9.86. The maximum absolute atomic E-state index is 11.3. The second-order valence-electron chi connectivity index (χ2n) is 10.5. The van der Waals surface area contributed by atoms with Crippen molar-refractivity contribution in [2.24, 2.45) is 10.8 Å². The predicted octanol–water partition coefficient (Wildman–Crippen LogP) is 6.87. The molecule has 0 unspecified atom stereocenters. The molecular formula is C27H42O4. The summed E-state index contributed by atoms with van der Waals surface area (Å²) in [5, 5.41) is 18.5. The summed E-state index contributed by atoms with van der Waals surface area (Å²) in [6.45, 7) is 7.99. The number of aliphatic carboxylic acids is 2. The molecule has 1 aliphatic rings. The molecule has 0 spiro atoms. The molecule has 1 aromatic rings. The molecule has 0 saturated heterocycles. The Morgan fingerprint density at radius 1 is 0.903 bits per heavy atom. The highest BCUT2D eigenvalue weighted by molar-refractivity contribution is 5.77. The fourth-order valence-electron chi connectivity index (χ4n) is 4.67. The Kier molecular flexibility index (Phi) is 9.14. The van der Waals surface area contributed by atoms with Gasteiger partial charge in [0.2, 0.25) is 0 Å². The molecule has 0 atom stereocenters. The van der Waals surface area contributed by atoms with Gasteiger partial charge in [0.25, 0.3) is 0 Å². The largest absolute Gasteiger partial charge is 0.481 e. The normalized spacial score (nSPS) is 15.1. The van der Waals surface area contributed by atoms with Gasteiger partial charge < -0.3 is 10.2 Å². The predicted molar refractivity (Wildman–Crippen MR) is 126 cm³/mol. The molecule has 2 rings (SSSR count). The minimum atomic E-state index is -0.706. The molecule has 2 N–H and O–H groups in total. The lowest BCUT2D eigenvalue weighted by molar-refractivity contribution is -0.147. The quantitative estimate of drug-likeness (QED) is 0.298. The van der Waals surface area contributed by atoms with Crippen LogP contribution in [0.25, 0.3) is 0 Å². The molecule has 0 aromatic heterocycles. The Hall–Kier alpha value is -1.84. The maximum atomic E-state index is 11.3. The van der Waals surface area contributed by atoms with Crippen molar-refractivity contribution >= 4 is 11.9 Å². The fraction of sp³-hybridized carbons (Fsp3) is 0.704. The third-order valence-corrected chi connectivity index (χ3v) is 7.18. The molecule has 31 heavy (non-hydrogen) atoms. The van der Waals surface area contributed by atoms with Crippen molar-refractivity contribution < 1.29 is 19.8 Å². The van der Waals surface area contributed by atoms with E-state index >= 15 is 0 Å². The van der Waals surface area contributed by atoms with E-state index in [9.17, 15) is 19.8 Å². The van der Waals surface area contributed by atoms with Crippen LogP contribution in [-0.2, 0) is 22.4 Å². The molecule has 1 saturated carbocycles. The molecular weight excluding hydrogens is 388 g/mol. The van der Waals surface area contributed by atoms with Crippen molar-refractivity contribution in [1.29, 1.82) is 0 Å². The maximum Gasteiger partial charge on any atom is 0.309 e. The average molecular weight is 431 g/mol. The van der Waals surface area contributed by atoms with Gasteiger partial charge in [-0.05, 0) is 95.8 Å². The van der Waals surface area contributed by atoms with Crippen LogP contribution < -0.4 is 0 Å². The molecule has 1 fully saturated rings. The van der Waals surface area contributed by atoms with Crippen LogP contribution in [0.1, 0.15) is 107 Å². The van der Waals surface area contributed by atoms with Gasteiger partial charge in [-0.15, -0.1) is 0 Å². The zero-order chi connectivity index (χ0) is 23.1. The molecule has 0 heterocycles. The topological polar surface area (TPSA) is 74.6 Å². The van der Waals surface area contributed by atoms with Gasteiger partial charge in [-0.1, -0.05) is 49.8 Å². The van der Waals surface area contributed by atoms with Gasteiger partial charge >= 0.3 is 11.9 Å². The number of carboxylic acids is 2. The number of hydrogen-bond acceptors (Lipinski definition) is 2. The summed E-state index contributed by atoms with van der Waals surface area (Å²) in [6, 6.07) is 4.61. The summed E-state index contributed by atoms with van der Waals surface area (Å²) in [6.07, 6.45) is 13.0. The van der Waals surface area contributed by atoms with Gasteiger partial charge in [-0.25, -0.2) is 0 Å². The number of carboxylic acid groups (broad SMARTS) is 2. The Bertz CT molecular complexity index is 759. The first-order valence-electron chi connectivity index (χ1n) is 12.1. The molecule has 4 nitrogen and oxygen atoms in total. The molecule has 174 valence electrons. The third kappa shape index (κ3) is 7.66. The van der Waals surface area contributed by atoms with Crippen molar-refractivity contribution in [1.82, 2.24) is 0 Å². The minimum Gasteiger partial charge on any atom is -0.481 e. The van der Waals surface area contributed by atoms with Crippen LogP contribution in [-0.4, -0.2) is 22.2 Å². The van der Waals surface area contributed by atoms with E-state index in [1.807, 2.05) is 13.8 Å². The van der Waals surface area contributed by atoms with Gasteiger partial charge in [0, 0.05) is 0 Å². The van der Waals surface area contributed by atoms with E-state index in [1.54, 1.807) is 0 Å². The van der Waals surface area contributed by atoms with Crippen LogP contribution in [0.5, 0.6) is 0 Å². The molecule has 1 aliphatic carbocycles. The first-order chi connectivity index (χ1) is 14.6. The summed E-state index contributed by atoms with van der Waals surface area (Å²) in [5.41, 5.74) is 4.64. The fourth-order valence-corrected chi connectivity index (χ4v) is 4.67. The number of carbonyl (C=O) groups is 2. The summed E-state index contributed by atoms with van der Waals surface area (Å²) in [4.78, 5) is 22.5. The zero-order valence-electron chi connectivity index (χ0n) is 20.1. The second-order valence-corrected chi connectivity index (χ2v) is 10.5. The number of benzene rings is 1. The lowest BCUT2D eigenvalue weighted by Crippen LogP contribution is -2.23. The molecule has 4 heteroatoms. The van der Waals surface area contributed by atoms with Crippen molar-refractivity contribution in [3.63, 3.8) is 0 Å². The van der Waals surface area contributed by atoms with E-state index in [4.69, 9.17) is 0 Å². The Labute approximate surface area is 188 Å². The number of hydrogen-bond donors (Lipinski definition) is 2. The molecule has 0 aliphatic heterocycles. The van der Waals surface area contributed by atoms with Crippen molar-refractivity contribution in [3.8, 4) is 0 Å². The standard InChI is InChI=1S/C27H42O4/c1-20-18-21(2)23(13-9-7-11-15-27(16-17-27)25(30)31)22(19-20)12-8-5-6-10-14-26(3,4)24(28)29/h18-19H,5-17H2,1-4H3,(H,28,29)(H,30,31). The summed E-state index contributed by atoms with van der Waals surface area (Å²) < 4.78 is 0. The van der Waals surface area contributed by atoms with Crippen LogP contribution in [0, 0.1) is 24.7 Å². The average Bonchev–Trinajstić information content (AvgIpc) is 3.47. The van der Waals surface area contributed by atoms with E-state index < -0.39 is 17.4 Å². The van der Waals surface area contributed by atoms with Gasteiger partial charge in [0.15, 0.2) is 0 Å². The van der Waals surface area contributed by atoms with Crippen LogP contribution in [0.2, 0.25) is 0 Å². The summed E-state index contributed by atoms with van der Waals surface area (Å²) in [7, 11) is 0. The van der Waals surface area contributed by atoms with Crippen LogP contribution in [0.3, 0.4) is 0 Å². The number of aryl methyl sites for hydroxylation is 3. The van der Waals surface area contributed by atoms with Gasteiger partial charge in [-0.2, -0.15) is 0 Å². The molecule has 1 aromatic carbocycles. The van der Waals surface area contributed by atoms with Gasteiger partial charge in [0.1, 0.15) is 0 Å². The smallest absolute Gasteiger partial charge is 0.309 e.